The van der Waals surface area contributed by atoms with Gasteiger partial charge in [-0.25, -0.2) is 4.79 Å². The molecule has 2 aromatic carbocycles. The van der Waals surface area contributed by atoms with Gasteiger partial charge >= 0.3 is 5.69 Å². The fraction of sp³-hybridized carbons (Fsp3) is 0.250. The molecule has 1 amide bonds. The van der Waals surface area contributed by atoms with Crippen LogP contribution in [0, 0.1) is 5.92 Å². The number of thiophene rings is 1. The molecule has 4 aromatic rings. The topological polar surface area (TPSA) is 89.8 Å². The molecule has 160 valence electrons. The van der Waals surface area contributed by atoms with E-state index in [2.05, 4.69) is 64.8 Å². The first-order valence-corrected chi connectivity index (χ1v) is 11.2. The summed E-state index contributed by atoms with van der Waals surface area (Å²) in [6, 6.07) is 18.0. The number of aromatic amines is 2. The van der Waals surface area contributed by atoms with Crippen molar-refractivity contribution < 1.29 is 4.79 Å². The van der Waals surface area contributed by atoms with Crippen molar-refractivity contribution in [2.45, 2.75) is 26.3 Å². The number of anilines is 1. The van der Waals surface area contributed by atoms with Gasteiger partial charge in [0.25, 0.3) is 0 Å². The number of hydrogen-bond donors (Lipinski definition) is 4. The Morgan fingerprint density at radius 1 is 1.03 bits per heavy atom. The predicted molar refractivity (Wildman–Crippen MR) is 127 cm³/mol. The number of nitrogens with one attached hydrogen (secondary N) is 4. The first-order chi connectivity index (χ1) is 15.0. The van der Waals surface area contributed by atoms with Crippen LogP contribution in [0.25, 0.3) is 11.0 Å². The highest BCUT2D eigenvalue weighted by molar-refractivity contribution is 7.10. The van der Waals surface area contributed by atoms with E-state index >= 15 is 0 Å². The lowest BCUT2D eigenvalue weighted by Crippen LogP contribution is -2.31. The minimum atomic E-state index is -0.265. The van der Waals surface area contributed by atoms with E-state index in [-0.39, 0.29) is 24.2 Å². The van der Waals surface area contributed by atoms with Gasteiger partial charge in [0.1, 0.15) is 0 Å². The number of imidazole rings is 1. The number of carbonyl (C=O) groups is 1. The molecule has 7 heteroatoms. The Morgan fingerprint density at radius 3 is 2.52 bits per heavy atom. The molecule has 0 saturated carbocycles. The molecule has 0 aliphatic heterocycles. The average molecular weight is 435 g/mol. The second kappa shape index (κ2) is 9.32. The third kappa shape index (κ3) is 5.31. The van der Waals surface area contributed by atoms with Crippen molar-refractivity contribution in [3.8, 4) is 0 Å². The Labute approximate surface area is 184 Å². The molecule has 0 aliphatic rings. The maximum Gasteiger partial charge on any atom is 0.323 e. The average Bonchev–Trinajstić information content (AvgIpc) is 3.37. The van der Waals surface area contributed by atoms with E-state index in [0.29, 0.717) is 22.6 Å². The molecule has 0 radical (unpaired) electrons. The van der Waals surface area contributed by atoms with Crippen molar-refractivity contribution in [1.82, 2.24) is 15.3 Å². The van der Waals surface area contributed by atoms with E-state index in [0.717, 1.165) is 16.9 Å². The molecule has 4 rings (SSSR count). The Hall–Kier alpha value is -3.16. The van der Waals surface area contributed by atoms with Gasteiger partial charge in [-0.15, -0.1) is 11.3 Å². The highest BCUT2D eigenvalue weighted by Gasteiger charge is 2.16. The van der Waals surface area contributed by atoms with Gasteiger partial charge in [0.05, 0.1) is 23.6 Å². The fourth-order valence-electron chi connectivity index (χ4n) is 3.67. The lowest BCUT2D eigenvalue weighted by molar-refractivity contribution is -0.115. The maximum atomic E-state index is 12.6. The summed E-state index contributed by atoms with van der Waals surface area (Å²) in [4.78, 5) is 30.6. The van der Waals surface area contributed by atoms with Crippen molar-refractivity contribution in [3.05, 3.63) is 86.5 Å². The van der Waals surface area contributed by atoms with Crippen molar-refractivity contribution in [1.29, 1.82) is 0 Å². The van der Waals surface area contributed by atoms with Crippen LogP contribution in [0.2, 0.25) is 0 Å². The highest BCUT2D eigenvalue weighted by Crippen LogP contribution is 2.26. The number of fused-ring (bicyclic) bond motifs is 1. The first-order valence-electron chi connectivity index (χ1n) is 10.4. The summed E-state index contributed by atoms with van der Waals surface area (Å²) in [6.07, 6.45) is 1.05. The molecule has 1 unspecified atom stereocenters. The summed E-state index contributed by atoms with van der Waals surface area (Å²) in [5.74, 6) is 0.472. The van der Waals surface area contributed by atoms with Crippen LogP contribution in [0.3, 0.4) is 0 Å². The second-order valence-corrected chi connectivity index (χ2v) is 9.04. The minimum absolute atomic E-state index is 0.0534. The molecule has 1 atom stereocenters. The van der Waals surface area contributed by atoms with Gasteiger partial charge in [0.15, 0.2) is 0 Å². The second-order valence-electron chi connectivity index (χ2n) is 8.06. The summed E-state index contributed by atoms with van der Waals surface area (Å²) in [7, 11) is 0. The van der Waals surface area contributed by atoms with Gasteiger partial charge in [-0.3, -0.25) is 10.1 Å². The van der Waals surface area contributed by atoms with Crippen LogP contribution < -0.4 is 16.3 Å². The highest BCUT2D eigenvalue weighted by atomic mass is 32.1. The summed E-state index contributed by atoms with van der Waals surface area (Å²) < 4.78 is 0. The van der Waals surface area contributed by atoms with Crippen LogP contribution in [0.15, 0.2) is 64.8 Å². The molecule has 0 bridgehead atoms. The third-order valence-corrected chi connectivity index (χ3v) is 5.99. The zero-order chi connectivity index (χ0) is 21.8. The molecule has 0 saturated heterocycles. The van der Waals surface area contributed by atoms with E-state index in [1.807, 2.05) is 11.4 Å². The smallest absolute Gasteiger partial charge is 0.323 e. The third-order valence-electron chi connectivity index (χ3n) is 5.05. The van der Waals surface area contributed by atoms with Crippen molar-refractivity contribution >= 4 is 34.0 Å². The Balaban J connectivity index is 1.44. The Bertz CT molecular complexity index is 1210. The van der Waals surface area contributed by atoms with E-state index < -0.39 is 0 Å². The van der Waals surface area contributed by atoms with Crippen molar-refractivity contribution in [3.63, 3.8) is 0 Å². The Kier molecular flexibility index (Phi) is 6.34. The van der Waals surface area contributed by atoms with E-state index in [1.165, 1.54) is 5.56 Å². The lowest BCUT2D eigenvalue weighted by Gasteiger charge is -2.19. The Morgan fingerprint density at radius 2 is 1.81 bits per heavy atom. The number of hydrogen-bond acceptors (Lipinski definition) is 4. The largest absolute Gasteiger partial charge is 0.325 e. The van der Waals surface area contributed by atoms with Gasteiger partial charge in [-0.1, -0.05) is 44.2 Å². The monoisotopic (exact) mass is 434 g/mol. The molecule has 0 spiro atoms. The van der Waals surface area contributed by atoms with Crippen LogP contribution in [0.4, 0.5) is 5.69 Å². The van der Waals surface area contributed by atoms with Crippen LogP contribution in [0.5, 0.6) is 0 Å². The number of carbonyl (C=O) groups excluding carboxylic acids is 1. The van der Waals surface area contributed by atoms with Gasteiger partial charge < -0.3 is 15.3 Å². The van der Waals surface area contributed by atoms with E-state index in [4.69, 9.17) is 0 Å². The number of H-pyrrole nitrogens is 2. The molecule has 4 N–H and O–H groups in total. The molecule has 0 aliphatic carbocycles. The molecule has 0 fully saturated rings. The SMILES string of the molecule is CC(C)Cc1ccc(C(NCC(=O)Nc2ccc3[nH]c(=O)[nH]c3c2)c2cccs2)cc1. The van der Waals surface area contributed by atoms with Crippen LogP contribution in [0.1, 0.15) is 35.9 Å². The summed E-state index contributed by atoms with van der Waals surface area (Å²) in [5, 5.41) is 8.33. The zero-order valence-electron chi connectivity index (χ0n) is 17.6. The van der Waals surface area contributed by atoms with Crippen LogP contribution in [-0.2, 0) is 11.2 Å². The first kappa shape index (κ1) is 21.1. The standard InChI is InChI=1S/C24H26N4O2S/c1-15(2)12-16-5-7-17(8-6-16)23(21-4-3-11-31-21)25-14-22(29)26-18-9-10-19-20(13-18)28-24(30)27-19/h3-11,13,15,23,25H,12,14H2,1-2H3,(H,26,29)(H2,27,28,30). The molecule has 6 nitrogen and oxygen atoms in total. The number of benzene rings is 2. The molecule has 31 heavy (non-hydrogen) atoms. The minimum Gasteiger partial charge on any atom is -0.325 e. The number of amides is 1. The lowest BCUT2D eigenvalue weighted by atomic mass is 9.99. The van der Waals surface area contributed by atoms with Gasteiger partial charge in [0, 0.05) is 10.6 Å². The molecular formula is C24H26N4O2S. The van der Waals surface area contributed by atoms with Gasteiger partial charge in [-0.2, -0.15) is 0 Å². The van der Waals surface area contributed by atoms with Gasteiger partial charge in [0.2, 0.25) is 5.91 Å². The van der Waals surface area contributed by atoms with E-state index in [9.17, 15) is 9.59 Å². The summed E-state index contributed by atoms with van der Waals surface area (Å²) in [5.41, 5.74) is 4.20. The van der Waals surface area contributed by atoms with Crippen LogP contribution >= 0.6 is 11.3 Å². The van der Waals surface area contributed by atoms with Crippen molar-refractivity contribution in [2.24, 2.45) is 5.92 Å². The quantitative estimate of drug-likeness (QED) is 0.331. The normalized spacial score (nSPS) is 12.4. The molecular weight excluding hydrogens is 408 g/mol. The maximum absolute atomic E-state index is 12.6. The van der Waals surface area contributed by atoms with Crippen molar-refractivity contribution in [2.75, 3.05) is 11.9 Å². The predicted octanol–water partition coefficient (Wildman–Crippen LogP) is 4.43. The molecule has 2 heterocycles. The summed E-state index contributed by atoms with van der Waals surface area (Å²) in [6.45, 7) is 4.60. The fourth-order valence-corrected chi connectivity index (χ4v) is 4.49. The summed E-state index contributed by atoms with van der Waals surface area (Å²) >= 11 is 1.67. The molecule has 2 aromatic heterocycles. The zero-order valence-corrected chi connectivity index (χ0v) is 18.4. The van der Waals surface area contributed by atoms with E-state index in [1.54, 1.807) is 29.5 Å². The van der Waals surface area contributed by atoms with Crippen LogP contribution in [-0.4, -0.2) is 22.4 Å². The van der Waals surface area contributed by atoms with Gasteiger partial charge in [-0.05, 0) is 53.1 Å². The number of rotatable bonds is 8. The number of aromatic nitrogens is 2.